The Hall–Kier alpha value is -0.420. The van der Waals surface area contributed by atoms with Crippen molar-refractivity contribution < 1.29 is 46.4 Å². The maximum Gasteiger partial charge on any atom is 0.340 e. The first kappa shape index (κ1) is 15.6. The number of rotatable bonds is 2. The molecule has 6 N–H and O–H groups in total. The van der Waals surface area contributed by atoms with E-state index in [4.69, 9.17) is 9.11 Å². The Labute approximate surface area is 101 Å². The van der Waals surface area contributed by atoms with Crippen molar-refractivity contribution in [2.75, 3.05) is 0 Å². The third-order valence-corrected chi connectivity index (χ3v) is 4.04. The number of hydrogen-bond acceptors (Lipinski definition) is 8. The van der Waals surface area contributed by atoms with Crippen LogP contribution in [0.25, 0.3) is 0 Å². The molecule has 1 aliphatic rings. The minimum atomic E-state index is -5.25. The molecule has 12 nitrogen and oxygen atoms in total. The van der Waals surface area contributed by atoms with Gasteiger partial charge in [0.2, 0.25) is 0 Å². The van der Waals surface area contributed by atoms with Crippen LogP contribution in [-0.4, -0.2) is 79.9 Å². The highest BCUT2D eigenvalue weighted by Gasteiger charge is 2.54. The molecule has 1 aliphatic heterocycles. The Balaban J connectivity index is 3.28. The zero-order valence-corrected chi connectivity index (χ0v) is 9.97. The van der Waals surface area contributed by atoms with Gasteiger partial charge in [-0.25, -0.2) is 0 Å². The van der Waals surface area contributed by atoms with Crippen LogP contribution in [0.5, 0.6) is 0 Å². The van der Waals surface area contributed by atoms with Crippen molar-refractivity contribution in [2.45, 2.75) is 24.9 Å². The fourth-order valence-electron chi connectivity index (χ4n) is 1.38. The van der Waals surface area contributed by atoms with E-state index in [1.807, 2.05) is 0 Å². The first-order valence-corrected chi connectivity index (χ1v) is 6.92. The summed E-state index contributed by atoms with van der Waals surface area (Å²) in [4.78, 5) is 0. The molecule has 4 unspecified atom stereocenters. The van der Waals surface area contributed by atoms with Crippen molar-refractivity contribution >= 4 is 20.6 Å². The fourth-order valence-corrected chi connectivity index (χ4v) is 2.91. The maximum absolute atomic E-state index is 10.8. The van der Waals surface area contributed by atoms with Gasteiger partial charge in [-0.2, -0.15) is 16.8 Å². The molecule has 0 spiro atoms. The van der Waals surface area contributed by atoms with Crippen LogP contribution in [0.2, 0.25) is 0 Å². The molecule has 0 saturated carbocycles. The zero-order valence-electron chi connectivity index (χ0n) is 8.34. The van der Waals surface area contributed by atoms with Gasteiger partial charge in [0.1, 0.15) is 0 Å². The lowest BCUT2D eigenvalue weighted by atomic mass is 10.3. The molecule has 0 aromatic rings. The molecule has 0 aliphatic carbocycles. The van der Waals surface area contributed by atoms with E-state index in [0.717, 1.165) is 0 Å². The molecule has 1 fully saturated rings. The lowest BCUT2D eigenvalue weighted by Crippen LogP contribution is -2.70. The zero-order chi connectivity index (χ0) is 14.5. The van der Waals surface area contributed by atoms with Crippen LogP contribution in [0, 0.1) is 0 Å². The van der Waals surface area contributed by atoms with Gasteiger partial charge in [-0.3, -0.25) is 9.11 Å². The smallest absolute Gasteiger partial charge is 0.340 e. The van der Waals surface area contributed by atoms with Crippen LogP contribution >= 0.6 is 0 Å². The topological polar surface area (TPSA) is 196 Å². The highest BCUT2D eigenvalue weighted by atomic mass is 32.2. The molecule has 1 heterocycles. The van der Waals surface area contributed by atoms with Crippen molar-refractivity contribution in [3.63, 3.8) is 0 Å². The molecule has 4 atom stereocenters. The number of nitrogens with zero attached hydrogens (tertiary/aromatic N) is 2. The number of aliphatic hydroxyl groups excluding tert-OH is 4. The van der Waals surface area contributed by atoms with Crippen LogP contribution in [0.4, 0.5) is 0 Å². The Morgan fingerprint density at radius 1 is 0.611 bits per heavy atom. The van der Waals surface area contributed by atoms with Crippen LogP contribution in [0.3, 0.4) is 0 Å². The predicted molar refractivity (Wildman–Crippen MR) is 50.8 cm³/mol. The van der Waals surface area contributed by atoms with Crippen LogP contribution in [-0.2, 0) is 20.6 Å². The minimum Gasteiger partial charge on any atom is -0.373 e. The van der Waals surface area contributed by atoms with Crippen molar-refractivity contribution in [1.29, 1.82) is 0 Å². The van der Waals surface area contributed by atoms with E-state index in [0.29, 0.717) is 0 Å². The molecule has 0 aromatic carbocycles. The number of piperazine rings is 1. The summed E-state index contributed by atoms with van der Waals surface area (Å²) >= 11 is 0. The summed E-state index contributed by atoms with van der Waals surface area (Å²) in [7, 11) is -10.5. The van der Waals surface area contributed by atoms with Crippen molar-refractivity contribution in [1.82, 2.24) is 8.61 Å². The molecule has 0 bridgehead atoms. The Morgan fingerprint density at radius 2 is 0.778 bits per heavy atom. The van der Waals surface area contributed by atoms with Crippen molar-refractivity contribution in [3.8, 4) is 0 Å². The molecule has 1 rings (SSSR count). The van der Waals surface area contributed by atoms with E-state index in [-0.39, 0.29) is 0 Å². The molecule has 14 heteroatoms. The van der Waals surface area contributed by atoms with E-state index in [1.165, 1.54) is 0 Å². The van der Waals surface area contributed by atoms with Crippen molar-refractivity contribution in [2.24, 2.45) is 0 Å². The molecule has 18 heavy (non-hydrogen) atoms. The third kappa shape index (κ3) is 2.62. The first-order chi connectivity index (χ1) is 7.89. The SMILES string of the molecule is O=S(=O)(O)N1C(O)C(O)N(S(=O)(=O)O)C(O)C1O. The van der Waals surface area contributed by atoms with Gasteiger partial charge in [0.05, 0.1) is 0 Å². The number of hydrogen-bond donors (Lipinski definition) is 6. The molecule has 0 radical (unpaired) electrons. The Bertz CT molecular complexity index is 450. The lowest BCUT2D eigenvalue weighted by Gasteiger charge is -2.44. The quantitative estimate of drug-likeness (QED) is 0.270. The fraction of sp³-hybridized carbons (Fsp3) is 1.00. The summed E-state index contributed by atoms with van der Waals surface area (Å²) in [6.07, 6.45) is -10.6. The molecular weight excluding hydrogens is 300 g/mol. The highest BCUT2D eigenvalue weighted by molar-refractivity contribution is 7.83. The summed E-state index contributed by atoms with van der Waals surface area (Å²) < 4.78 is 59.2. The largest absolute Gasteiger partial charge is 0.373 e. The average Bonchev–Trinajstić information content (AvgIpc) is 2.10. The van der Waals surface area contributed by atoms with Gasteiger partial charge in [0, 0.05) is 0 Å². The van der Waals surface area contributed by atoms with Gasteiger partial charge in [-0.15, -0.1) is 8.61 Å². The summed E-state index contributed by atoms with van der Waals surface area (Å²) in [5, 5.41) is 37.0. The van der Waals surface area contributed by atoms with Crippen LogP contribution in [0.1, 0.15) is 0 Å². The molecule has 0 aromatic heterocycles. The predicted octanol–water partition coefficient (Wildman–Crippen LogP) is -4.52. The van der Waals surface area contributed by atoms with Gasteiger partial charge >= 0.3 is 20.6 Å². The van der Waals surface area contributed by atoms with Gasteiger partial charge in [0.15, 0.2) is 24.9 Å². The second-order valence-corrected chi connectivity index (χ2v) is 5.90. The van der Waals surface area contributed by atoms with E-state index in [1.54, 1.807) is 0 Å². The Kier molecular flexibility index (Phi) is 4.00. The van der Waals surface area contributed by atoms with Gasteiger partial charge in [0.25, 0.3) is 0 Å². The normalized spacial score (nSPS) is 36.8. The average molecular weight is 310 g/mol. The lowest BCUT2D eigenvalue weighted by molar-refractivity contribution is -0.247. The van der Waals surface area contributed by atoms with Crippen molar-refractivity contribution in [3.05, 3.63) is 0 Å². The summed E-state index contributed by atoms with van der Waals surface area (Å²) in [5.74, 6) is 0. The summed E-state index contributed by atoms with van der Waals surface area (Å²) in [6, 6.07) is 0. The van der Waals surface area contributed by atoms with Gasteiger partial charge in [-0.1, -0.05) is 0 Å². The first-order valence-electron chi connectivity index (χ1n) is 4.13. The molecular formula is C4H10N2O10S2. The molecule has 1 saturated heterocycles. The summed E-state index contributed by atoms with van der Waals surface area (Å²) in [6.45, 7) is 0. The monoisotopic (exact) mass is 310 g/mol. The summed E-state index contributed by atoms with van der Waals surface area (Å²) in [5.41, 5.74) is 0. The molecule has 0 amide bonds. The maximum atomic E-state index is 10.8. The molecule has 108 valence electrons. The second kappa shape index (κ2) is 4.60. The highest BCUT2D eigenvalue weighted by Crippen LogP contribution is 2.26. The third-order valence-electron chi connectivity index (χ3n) is 2.11. The van der Waals surface area contributed by atoms with Gasteiger partial charge in [-0.05, 0) is 0 Å². The standard InChI is InChI=1S/C4H10N2O10S2/c7-1-2(8)6(18(14,15)16)4(10)3(9)5(1)17(11,12)13/h1-4,7-10H,(H,11,12,13)(H,14,15,16). The minimum absolute atomic E-state index is 0.538. The van der Waals surface area contributed by atoms with Crippen LogP contribution in [0.15, 0.2) is 0 Å². The second-order valence-electron chi connectivity index (χ2n) is 3.27. The Morgan fingerprint density at radius 3 is 0.889 bits per heavy atom. The van der Waals surface area contributed by atoms with E-state index in [2.05, 4.69) is 0 Å². The van der Waals surface area contributed by atoms with Crippen LogP contribution < -0.4 is 0 Å². The van der Waals surface area contributed by atoms with E-state index < -0.39 is 54.1 Å². The van der Waals surface area contributed by atoms with E-state index in [9.17, 15) is 37.3 Å². The van der Waals surface area contributed by atoms with E-state index >= 15 is 0 Å². The number of aliphatic hydroxyl groups is 4. The van der Waals surface area contributed by atoms with Gasteiger partial charge < -0.3 is 20.4 Å².